The zero-order valence-corrected chi connectivity index (χ0v) is 8.08. The van der Waals surface area contributed by atoms with Gasteiger partial charge < -0.3 is 5.21 Å². The lowest BCUT2D eigenvalue weighted by molar-refractivity contribution is -0.645. The molecule has 72 valence electrons. The van der Waals surface area contributed by atoms with Crippen LogP contribution in [0.3, 0.4) is 0 Å². The number of hydrogen-bond donors (Lipinski definition) is 0. The molecule has 5 nitrogen and oxygen atoms in total. The second kappa shape index (κ2) is 3.10. The maximum absolute atomic E-state index is 11.3. The SMILES string of the molecule is C[N+](C)=Cn1n[n+]([O-])c2ccccc21. The Morgan fingerprint density at radius 1 is 1.43 bits per heavy atom. The third-order valence-electron chi connectivity index (χ3n) is 1.85. The number of fused-ring (bicyclic) bond motifs is 1. The summed E-state index contributed by atoms with van der Waals surface area (Å²) in [7, 11) is 3.76. The summed E-state index contributed by atoms with van der Waals surface area (Å²) in [5.74, 6) is 0. The molecule has 0 bridgehead atoms. The molecule has 0 N–H and O–H groups in total. The van der Waals surface area contributed by atoms with Gasteiger partial charge in [-0.25, -0.2) is 0 Å². The Hall–Kier alpha value is -1.91. The van der Waals surface area contributed by atoms with E-state index < -0.39 is 0 Å². The van der Waals surface area contributed by atoms with E-state index in [1.165, 1.54) is 0 Å². The first-order valence-electron chi connectivity index (χ1n) is 4.27. The Bertz CT molecular complexity index is 496. The third-order valence-corrected chi connectivity index (χ3v) is 1.85. The highest BCUT2D eigenvalue weighted by atomic mass is 16.5. The van der Waals surface area contributed by atoms with Gasteiger partial charge in [0.25, 0.3) is 6.34 Å². The van der Waals surface area contributed by atoms with Crippen LogP contribution >= 0.6 is 0 Å². The van der Waals surface area contributed by atoms with Crippen molar-refractivity contribution in [2.24, 2.45) is 0 Å². The lowest BCUT2D eigenvalue weighted by atomic mass is 10.3. The number of rotatable bonds is 1. The van der Waals surface area contributed by atoms with Gasteiger partial charge in [0, 0.05) is 0 Å². The first kappa shape index (κ1) is 8.68. The molecule has 0 aliphatic heterocycles. The summed E-state index contributed by atoms with van der Waals surface area (Å²) in [4.78, 5) is 0.620. The highest BCUT2D eigenvalue weighted by molar-refractivity contribution is 5.77. The van der Waals surface area contributed by atoms with Crippen LogP contribution in [0, 0.1) is 5.21 Å². The van der Waals surface area contributed by atoms with E-state index in [-0.39, 0.29) is 0 Å². The molecule has 14 heavy (non-hydrogen) atoms. The molecule has 0 aliphatic rings. The molecule has 0 spiro atoms. The molecule has 5 heteroatoms. The van der Waals surface area contributed by atoms with E-state index in [9.17, 15) is 5.21 Å². The average molecular weight is 191 g/mol. The Morgan fingerprint density at radius 3 is 2.86 bits per heavy atom. The van der Waals surface area contributed by atoms with Gasteiger partial charge in [0.05, 0.1) is 14.1 Å². The van der Waals surface area contributed by atoms with E-state index in [0.717, 1.165) is 5.52 Å². The minimum absolute atomic E-state index is 0.575. The van der Waals surface area contributed by atoms with Crippen molar-refractivity contribution in [2.75, 3.05) is 14.1 Å². The van der Waals surface area contributed by atoms with E-state index in [2.05, 4.69) is 5.21 Å². The molecule has 0 saturated carbocycles. The highest BCUT2D eigenvalue weighted by Crippen LogP contribution is 2.05. The standard InChI is InChI=1S/C9H11N4O/c1-11(2)7-12-8-5-3-4-6-9(8)13(14)10-12/h3-7H,1-2H3/q+1. The van der Waals surface area contributed by atoms with Gasteiger partial charge >= 0.3 is 0 Å². The van der Waals surface area contributed by atoms with Gasteiger partial charge in [0.15, 0.2) is 0 Å². The molecule has 1 aromatic heterocycles. The van der Waals surface area contributed by atoms with Crippen molar-refractivity contribution in [3.63, 3.8) is 0 Å². The van der Waals surface area contributed by atoms with Crippen LogP contribution in [0.2, 0.25) is 0 Å². The number of aromatic nitrogens is 3. The van der Waals surface area contributed by atoms with Crippen molar-refractivity contribution in [1.29, 1.82) is 0 Å². The number of nitrogens with zero attached hydrogens (tertiary/aromatic N) is 4. The van der Waals surface area contributed by atoms with Gasteiger partial charge in [0.2, 0.25) is 11.0 Å². The second-order valence-electron chi connectivity index (χ2n) is 3.27. The maximum Gasteiger partial charge on any atom is 0.268 e. The molecular weight excluding hydrogens is 180 g/mol. The summed E-state index contributed by atoms with van der Waals surface area (Å²) in [5, 5.41) is 15.1. The molecule has 0 atom stereocenters. The molecule has 0 aliphatic carbocycles. The van der Waals surface area contributed by atoms with E-state index in [1.54, 1.807) is 17.1 Å². The summed E-state index contributed by atoms with van der Waals surface area (Å²) in [6, 6.07) is 7.30. The van der Waals surface area contributed by atoms with E-state index in [4.69, 9.17) is 0 Å². The summed E-state index contributed by atoms with van der Waals surface area (Å²) in [5.41, 5.74) is 1.38. The van der Waals surface area contributed by atoms with Crippen LogP contribution in [0.4, 0.5) is 0 Å². The lowest BCUT2D eigenvalue weighted by Crippen LogP contribution is -2.30. The molecule has 0 unspecified atom stereocenters. The smallest absolute Gasteiger partial charge is 0.268 e. The van der Waals surface area contributed by atoms with Crippen LogP contribution in [0.25, 0.3) is 11.0 Å². The molecular formula is C9H11N4O+. The maximum atomic E-state index is 11.3. The van der Waals surface area contributed by atoms with Crippen LogP contribution < -0.4 is 4.85 Å². The quantitative estimate of drug-likeness (QED) is 0.272. The molecule has 0 saturated heterocycles. The molecule has 2 rings (SSSR count). The Morgan fingerprint density at radius 2 is 2.14 bits per heavy atom. The fraction of sp³-hybridized carbons (Fsp3) is 0.222. The van der Waals surface area contributed by atoms with Crippen molar-refractivity contribution in [2.45, 2.75) is 0 Å². The summed E-state index contributed by atoms with van der Waals surface area (Å²) in [6.45, 7) is 0. The predicted molar refractivity (Wildman–Crippen MR) is 52.3 cm³/mol. The Labute approximate surface area is 81.1 Å². The predicted octanol–water partition coefficient (Wildman–Crippen LogP) is -0.182. The lowest BCUT2D eigenvalue weighted by Gasteiger charge is -1.89. The monoisotopic (exact) mass is 191 g/mol. The zero-order chi connectivity index (χ0) is 10.1. The van der Waals surface area contributed by atoms with Crippen LogP contribution in [0.5, 0.6) is 0 Å². The number of benzene rings is 1. The molecule has 1 heterocycles. The Balaban J connectivity index is 2.73. The van der Waals surface area contributed by atoms with Crippen LogP contribution in [0.1, 0.15) is 0 Å². The number of hydrogen-bond acceptors (Lipinski definition) is 2. The topological polar surface area (TPSA) is 47.8 Å². The first-order valence-corrected chi connectivity index (χ1v) is 4.27. The summed E-state index contributed by atoms with van der Waals surface area (Å²) < 4.78 is 3.39. The third kappa shape index (κ3) is 1.32. The molecule has 0 radical (unpaired) electrons. The van der Waals surface area contributed by atoms with Crippen molar-refractivity contribution in [1.82, 2.24) is 9.90 Å². The summed E-state index contributed by atoms with van der Waals surface area (Å²) in [6.07, 6.45) is 1.75. The van der Waals surface area contributed by atoms with E-state index in [0.29, 0.717) is 10.4 Å². The van der Waals surface area contributed by atoms with Crippen molar-refractivity contribution in [3.05, 3.63) is 29.5 Å². The zero-order valence-electron chi connectivity index (χ0n) is 8.08. The van der Waals surface area contributed by atoms with Gasteiger partial charge in [0.1, 0.15) is 5.21 Å². The van der Waals surface area contributed by atoms with Crippen LogP contribution in [-0.2, 0) is 0 Å². The van der Waals surface area contributed by atoms with Gasteiger partial charge in [-0.3, -0.25) is 4.58 Å². The van der Waals surface area contributed by atoms with Crippen LogP contribution in [0.15, 0.2) is 24.3 Å². The van der Waals surface area contributed by atoms with Crippen molar-refractivity contribution < 1.29 is 9.42 Å². The van der Waals surface area contributed by atoms with Gasteiger partial charge in [-0.05, 0) is 12.1 Å². The van der Waals surface area contributed by atoms with E-state index >= 15 is 0 Å². The summed E-state index contributed by atoms with van der Waals surface area (Å²) >= 11 is 0. The molecule has 0 fully saturated rings. The van der Waals surface area contributed by atoms with Crippen LogP contribution in [-0.4, -0.2) is 34.9 Å². The normalized spacial score (nSPS) is 10.4. The Kier molecular flexibility index (Phi) is 1.92. The first-order chi connectivity index (χ1) is 6.68. The van der Waals surface area contributed by atoms with Gasteiger partial charge in [-0.15, -0.1) is 4.85 Å². The van der Waals surface area contributed by atoms with Gasteiger partial charge in [-0.2, -0.15) is 0 Å². The molecule has 1 aromatic carbocycles. The van der Waals surface area contributed by atoms with Crippen molar-refractivity contribution >= 4 is 17.4 Å². The molecule has 2 aromatic rings. The fourth-order valence-electron chi connectivity index (χ4n) is 1.31. The number of para-hydroxylation sites is 2. The largest absolute Gasteiger partial charge is 0.691 e. The van der Waals surface area contributed by atoms with Crippen molar-refractivity contribution in [3.8, 4) is 0 Å². The fourth-order valence-corrected chi connectivity index (χ4v) is 1.31. The van der Waals surface area contributed by atoms with Gasteiger partial charge in [-0.1, -0.05) is 16.8 Å². The average Bonchev–Trinajstić information content (AvgIpc) is 2.44. The minimum Gasteiger partial charge on any atom is -0.691 e. The minimum atomic E-state index is 0.575. The highest BCUT2D eigenvalue weighted by Gasteiger charge is 2.11. The second-order valence-corrected chi connectivity index (χ2v) is 3.27. The van der Waals surface area contributed by atoms with E-state index in [1.807, 2.05) is 36.9 Å². The molecule has 0 amide bonds.